The molecule has 1 aliphatic heterocycles. The average molecular weight is 246 g/mol. The van der Waals surface area contributed by atoms with Crippen LogP contribution in [-0.4, -0.2) is 31.2 Å². The summed E-state index contributed by atoms with van der Waals surface area (Å²) in [5.41, 5.74) is 2.31. The number of rotatable bonds is 3. The second-order valence-electron chi connectivity index (χ2n) is 5.09. The van der Waals surface area contributed by atoms with Gasteiger partial charge in [-0.3, -0.25) is 4.79 Å². The van der Waals surface area contributed by atoms with Crippen molar-refractivity contribution < 1.29 is 9.53 Å². The predicted molar refractivity (Wildman–Crippen MR) is 69.5 cm³/mol. The van der Waals surface area contributed by atoms with Gasteiger partial charge in [-0.15, -0.1) is 0 Å². The first kappa shape index (κ1) is 11.5. The van der Waals surface area contributed by atoms with Crippen molar-refractivity contribution in [2.45, 2.75) is 37.5 Å². The summed E-state index contributed by atoms with van der Waals surface area (Å²) in [6.45, 7) is 0. The lowest BCUT2D eigenvalue weighted by molar-refractivity contribution is -0.124. The molecule has 2 aliphatic rings. The standard InChI is InChI=1S/C14H18N2O2/c1-18-11-7-10(8-11)15-14(17)13-6-9-4-2-3-5-12(9)16-13/h2-5,10-11,13,16H,6-8H2,1H3,(H,15,17)/t10?,11?,13-/m0/s1. The number of carbonyl (C=O) groups is 1. The van der Waals surface area contributed by atoms with E-state index in [-0.39, 0.29) is 18.0 Å². The minimum absolute atomic E-state index is 0.103. The molecule has 1 atom stereocenters. The van der Waals surface area contributed by atoms with Gasteiger partial charge in [0.05, 0.1) is 6.10 Å². The average Bonchev–Trinajstić information content (AvgIpc) is 2.76. The van der Waals surface area contributed by atoms with E-state index in [1.165, 1.54) is 5.56 Å². The van der Waals surface area contributed by atoms with Gasteiger partial charge in [0.25, 0.3) is 0 Å². The van der Waals surface area contributed by atoms with Gasteiger partial charge in [0.1, 0.15) is 6.04 Å². The van der Waals surface area contributed by atoms with Gasteiger partial charge in [-0.05, 0) is 24.5 Å². The minimum atomic E-state index is -0.121. The van der Waals surface area contributed by atoms with Gasteiger partial charge in [0, 0.05) is 25.3 Å². The molecule has 0 saturated heterocycles. The fourth-order valence-corrected chi connectivity index (χ4v) is 2.63. The highest BCUT2D eigenvalue weighted by Crippen LogP contribution is 2.26. The summed E-state index contributed by atoms with van der Waals surface area (Å²) in [4.78, 5) is 12.1. The Morgan fingerprint density at radius 3 is 2.89 bits per heavy atom. The molecule has 0 spiro atoms. The third-order valence-electron chi connectivity index (χ3n) is 3.86. The van der Waals surface area contributed by atoms with E-state index in [2.05, 4.69) is 16.7 Å². The van der Waals surface area contributed by atoms with Crippen molar-refractivity contribution in [3.8, 4) is 0 Å². The summed E-state index contributed by atoms with van der Waals surface area (Å²) in [6.07, 6.45) is 2.97. The summed E-state index contributed by atoms with van der Waals surface area (Å²) in [7, 11) is 1.72. The maximum absolute atomic E-state index is 12.1. The molecule has 3 rings (SSSR count). The number of carbonyl (C=O) groups excluding carboxylic acids is 1. The SMILES string of the molecule is COC1CC(NC(=O)[C@@H]2Cc3ccccc3N2)C1. The first-order valence-electron chi connectivity index (χ1n) is 6.44. The largest absolute Gasteiger partial charge is 0.381 e. The van der Waals surface area contributed by atoms with Crippen LogP contribution in [0.3, 0.4) is 0 Å². The Balaban J connectivity index is 1.54. The van der Waals surface area contributed by atoms with Crippen LogP contribution in [0.1, 0.15) is 18.4 Å². The molecule has 1 fully saturated rings. The van der Waals surface area contributed by atoms with E-state index < -0.39 is 0 Å². The summed E-state index contributed by atoms with van der Waals surface area (Å²) < 4.78 is 5.21. The Morgan fingerprint density at radius 2 is 2.17 bits per heavy atom. The molecule has 2 N–H and O–H groups in total. The number of benzene rings is 1. The lowest BCUT2D eigenvalue weighted by Gasteiger charge is -2.35. The molecule has 4 heteroatoms. The highest BCUT2D eigenvalue weighted by Gasteiger charge is 2.33. The first-order chi connectivity index (χ1) is 8.76. The van der Waals surface area contributed by atoms with E-state index in [9.17, 15) is 4.79 Å². The molecular weight excluding hydrogens is 228 g/mol. The molecule has 0 aromatic heterocycles. The molecule has 0 unspecified atom stereocenters. The fourth-order valence-electron chi connectivity index (χ4n) is 2.63. The number of hydrogen-bond acceptors (Lipinski definition) is 3. The maximum Gasteiger partial charge on any atom is 0.243 e. The van der Waals surface area contributed by atoms with Crippen molar-refractivity contribution in [3.63, 3.8) is 0 Å². The number of anilines is 1. The third kappa shape index (κ3) is 2.08. The summed E-state index contributed by atoms with van der Waals surface area (Å²) in [5, 5.41) is 6.35. The lowest BCUT2D eigenvalue weighted by atomic mass is 9.89. The van der Waals surface area contributed by atoms with Crippen LogP contribution in [0.4, 0.5) is 5.69 Å². The third-order valence-corrected chi connectivity index (χ3v) is 3.86. The second kappa shape index (κ2) is 4.61. The zero-order chi connectivity index (χ0) is 12.5. The molecule has 1 saturated carbocycles. The summed E-state index contributed by atoms with van der Waals surface area (Å²) in [5.74, 6) is 0.103. The van der Waals surface area contributed by atoms with E-state index in [0.29, 0.717) is 6.10 Å². The Morgan fingerprint density at radius 1 is 1.39 bits per heavy atom. The van der Waals surface area contributed by atoms with Gasteiger partial charge >= 0.3 is 0 Å². The second-order valence-corrected chi connectivity index (χ2v) is 5.09. The first-order valence-corrected chi connectivity index (χ1v) is 6.44. The van der Waals surface area contributed by atoms with E-state index in [4.69, 9.17) is 4.74 Å². The molecule has 1 aliphatic carbocycles. The van der Waals surface area contributed by atoms with Gasteiger partial charge in [0.2, 0.25) is 5.91 Å². The van der Waals surface area contributed by atoms with Crippen LogP contribution in [0, 0.1) is 0 Å². The highest BCUT2D eigenvalue weighted by atomic mass is 16.5. The number of methoxy groups -OCH3 is 1. The van der Waals surface area contributed by atoms with Crippen LogP contribution in [-0.2, 0) is 16.0 Å². The van der Waals surface area contributed by atoms with Crippen LogP contribution >= 0.6 is 0 Å². The number of nitrogens with one attached hydrogen (secondary N) is 2. The number of amides is 1. The molecule has 1 aromatic rings. The zero-order valence-electron chi connectivity index (χ0n) is 10.5. The van der Waals surface area contributed by atoms with Crippen LogP contribution in [0.25, 0.3) is 0 Å². The number of ether oxygens (including phenoxy) is 1. The fraction of sp³-hybridized carbons (Fsp3) is 0.500. The van der Waals surface area contributed by atoms with Gasteiger partial charge < -0.3 is 15.4 Å². The van der Waals surface area contributed by atoms with Crippen molar-refractivity contribution in [3.05, 3.63) is 29.8 Å². The van der Waals surface area contributed by atoms with Crippen molar-refractivity contribution >= 4 is 11.6 Å². The number of fused-ring (bicyclic) bond motifs is 1. The molecule has 0 bridgehead atoms. The van der Waals surface area contributed by atoms with Gasteiger partial charge in [-0.1, -0.05) is 18.2 Å². The van der Waals surface area contributed by atoms with Crippen LogP contribution in [0.5, 0.6) is 0 Å². The minimum Gasteiger partial charge on any atom is -0.381 e. The lowest BCUT2D eigenvalue weighted by Crippen LogP contribution is -2.51. The van der Waals surface area contributed by atoms with Crippen molar-refractivity contribution in [2.24, 2.45) is 0 Å². The van der Waals surface area contributed by atoms with Crippen LogP contribution < -0.4 is 10.6 Å². The Bertz CT molecular complexity index is 430. The van der Waals surface area contributed by atoms with Gasteiger partial charge in [0.15, 0.2) is 0 Å². The van der Waals surface area contributed by atoms with E-state index in [1.54, 1.807) is 7.11 Å². The monoisotopic (exact) mass is 246 g/mol. The van der Waals surface area contributed by atoms with E-state index >= 15 is 0 Å². The molecule has 1 amide bonds. The van der Waals surface area contributed by atoms with Crippen LogP contribution in [0.15, 0.2) is 24.3 Å². The van der Waals surface area contributed by atoms with Gasteiger partial charge in [-0.2, -0.15) is 0 Å². The zero-order valence-corrected chi connectivity index (χ0v) is 10.5. The number of para-hydroxylation sites is 1. The molecular formula is C14H18N2O2. The van der Waals surface area contributed by atoms with Gasteiger partial charge in [-0.25, -0.2) is 0 Å². The molecule has 96 valence electrons. The number of hydrogen-bond donors (Lipinski definition) is 2. The quantitative estimate of drug-likeness (QED) is 0.845. The summed E-state index contributed by atoms with van der Waals surface area (Å²) in [6, 6.07) is 8.25. The van der Waals surface area contributed by atoms with Crippen molar-refractivity contribution in [1.82, 2.24) is 5.32 Å². The predicted octanol–water partition coefficient (Wildman–Crippen LogP) is 1.32. The Kier molecular flexibility index (Phi) is 2.96. The molecule has 0 radical (unpaired) electrons. The highest BCUT2D eigenvalue weighted by molar-refractivity contribution is 5.87. The van der Waals surface area contributed by atoms with Crippen molar-refractivity contribution in [2.75, 3.05) is 12.4 Å². The topological polar surface area (TPSA) is 50.4 Å². The van der Waals surface area contributed by atoms with Crippen LogP contribution in [0.2, 0.25) is 0 Å². The smallest absolute Gasteiger partial charge is 0.243 e. The maximum atomic E-state index is 12.1. The van der Waals surface area contributed by atoms with E-state index in [1.807, 2.05) is 18.2 Å². The Hall–Kier alpha value is -1.55. The molecule has 1 heterocycles. The van der Waals surface area contributed by atoms with E-state index in [0.717, 1.165) is 24.9 Å². The van der Waals surface area contributed by atoms with Crippen molar-refractivity contribution in [1.29, 1.82) is 0 Å². The molecule has 1 aromatic carbocycles. The Labute approximate surface area is 107 Å². The summed E-state index contributed by atoms with van der Waals surface area (Å²) >= 11 is 0. The molecule has 18 heavy (non-hydrogen) atoms. The normalized spacial score (nSPS) is 29.1. The molecule has 4 nitrogen and oxygen atoms in total.